The van der Waals surface area contributed by atoms with E-state index in [9.17, 15) is 0 Å². The summed E-state index contributed by atoms with van der Waals surface area (Å²) in [5, 5.41) is 2.92. The highest BCUT2D eigenvalue weighted by molar-refractivity contribution is 5.91. The molecular weight excluding hydrogens is 262 g/mol. The molecule has 0 bridgehead atoms. The van der Waals surface area contributed by atoms with E-state index in [1.807, 2.05) is 42.4 Å². The van der Waals surface area contributed by atoms with E-state index in [-0.39, 0.29) is 0 Å². The standard InChI is InChI=1S/C17H25N3O/c1-3-14(21-4-2)8-7-13-20(18)17-11-12-19-16-10-6-5-9-15(16)17/h5-6,9-12,14H,3-4,7-8,13,18H2,1-2H3. The highest BCUT2D eigenvalue weighted by atomic mass is 16.5. The van der Waals surface area contributed by atoms with Crippen molar-refractivity contribution in [2.45, 2.75) is 39.2 Å². The Morgan fingerprint density at radius 3 is 2.81 bits per heavy atom. The molecule has 0 saturated heterocycles. The van der Waals surface area contributed by atoms with Crippen molar-refractivity contribution in [3.63, 3.8) is 0 Å². The van der Waals surface area contributed by atoms with Crippen molar-refractivity contribution in [1.29, 1.82) is 0 Å². The first-order valence-corrected chi connectivity index (χ1v) is 7.73. The Balaban J connectivity index is 1.97. The van der Waals surface area contributed by atoms with Crippen LogP contribution in [-0.4, -0.2) is 24.2 Å². The first-order chi connectivity index (χ1) is 10.3. The van der Waals surface area contributed by atoms with Crippen LogP contribution in [0.2, 0.25) is 0 Å². The number of aromatic nitrogens is 1. The molecule has 2 aromatic rings. The van der Waals surface area contributed by atoms with E-state index in [0.717, 1.165) is 49.0 Å². The van der Waals surface area contributed by atoms with Gasteiger partial charge in [-0.05, 0) is 38.3 Å². The van der Waals surface area contributed by atoms with Crippen LogP contribution in [0.25, 0.3) is 10.9 Å². The number of benzene rings is 1. The molecule has 0 amide bonds. The van der Waals surface area contributed by atoms with Gasteiger partial charge in [-0.3, -0.25) is 4.98 Å². The van der Waals surface area contributed by atoms with Crippen molar-refractivity contribution >= 4 is 16.6 Å². The predicted octanol–water partition coefficient (Wildman–Crippen LogP) is 3.51. The zero-order valence-corrected chi connectivity index (χ0v) is 13.0. The number of nitrogens with zero attached hydrogens (tertiary/aromatic N) is 2. The fourth-order valence-corrected chi connectivity index (χ4v) is 2.58. The fourth-order valence-electron chi connectivity index (χ4n) is 2.58. The SMILES string of the molecule is CCOC(CC)CCCN(N)c1ccnc2ccccc12. The minimum absolute atomic E-state index is 0.345. The lowest BCUT2D eigenvalue weighted by atomic mass is 10.1. The zero-order chi connectivity index (χ0) is 15.1. The van der Waals surface area contributed by atoms with Gasteiger partial charge >= 0.3 is 0 Å². The van der Waals surface area contributed by atoms with Crippen LogP contribution < -0.4 is 10.9 Å². The van der Waals surface area contributed by atoms with Crippen molar-refractivity contribution in [2.75, 3.05) is 18.2 Å². The van der Waals surface area contributed by atoms with E-state index in [2.05, 4.69) is 18.0 Å². The molecule has 1 aromatic heterocycles. The van der Waals surface area contributed by atoms with Gasteiger partial charge in [0.2, 0.25) is 0 Å². The van der Waals surface area contributed by atoms with E-state index in [1.165, 1.54) is 0 Å². The molecule has 1 heterocycles. The summed E-state index contributed by atoms with van der Waals surface area (Å²) < 4.78 is 5.68. The lowest BCUT2D eigenvalue weighted by Gasteiger charge is -2.22. The highest BCUT2D eigenvalue weighted by Gasteiger charge is 2.09. The maximum atomic E-state index is 6.23. The average Bonchev–Trinajstić information content (AvgIpc) is 2.53. The summed E-state index contributed by atoms with van der Waals surface area (Å²) in [6, 6.07) is 10.1. The lowest BCUT2D eigenvalue weighted by molar-refractivity contribution is 0.0532. The fraction of sp³-hybridized carbons (Fsp3) is 0.471. The van der Waals surface area contributed by atoms with Crippen molar-refractivity contribution in [2.24, 2.45) is 5.84 Å². The van der Waals surface area contributed by atoms with Crippen LogP contribution in [0.3, 0.4) is 0 Å². The van der Waals surface area contributed by atoms with Gasteiger partial charge in [0.25, 0.3) is 0 Å². The molecule has 0 radical (unpaired) electrons. The molecule has 2 rings (SSSR count). The number of hydrazine groups is 1. The number of nitrogens with two attached hydrogens (primary N) is 1. The number of ether oxygens (including phenoxy) is 1. The smallest absolute Gasteiger partial charge is 0.0723 e. The van der Waals surface area contributed by atoms with Crippen LogP contribution in [0.1, 0.15) is 33.1 Å². The van der Waals surface area contributed by atoms with E-state index in [0.29, 0.717) is 6.10 Å². The summed E-state index contributed by atoms with van der Waals surface area (Å²) in [5.74, 6) is 6.23. The summed E-state index contributed by atoms with van der Waals surface area (Å²) in [6.07, 6.45) is 5.27. The summed E-state index contributed by atoms with van der Waals surface area (Å²) in [4.78, 5) is 4.37. The number of rotatable bonds is 8. The molecule has 21 heavy (non-hydrogen) atoms. The number of anilines is 1. The van der Waals surface area contributed by atoms with Crippen LogP contribution >= 0.6 is 0 Å². The van der Waals surface area contributed by atoms with Gasteiger partial charge in [-0.15, -0.1) is 0 Å². The van der Waals surface area contributed by atoms with E-state index >= 15 is 0 Å². The molecule has 0 aliphatic heterocycles. The van der Waals surface area contributed by atoms with Gasteiger partial charge in [0, 0.05) is 24.7 Å². The minimum atomic E-state index is 0.345. The molecule has 0 spiro atoms. The molecular formula is C17H25N3O. The maximum absolute atomic E-state index is 6.23. The average molecular weight is 287 g/mol. The predicted molar refractivity (Wildman–Crippen MR) is 88.2 cm³/mol. The molecule has 1 aromatic carbocycles. The molecule has 0 saturated carbocycles. The van der Waals surface area contributed by atoms with E-state index in [1.54, 1.807) is 0 Å². The van der Waals surface area contributed by atoms with Crippen LogP contribution in [0.5, 0.6) is 0 Å². The molecule has 4 heteroatoms. The third-order valence-corrected chi connectivity index (χ3v) is 3.72. The maximum Gasteiger partial charge on any atom is 0.0723 e. The molecule has 4 nitrogen and oxygen atoms in total. The van der Waals surface area contributed by atoms with Crippen molar-refractivity contribution in [1.82, 2.24) is 4.98 Å². The molecule has 1 unspecified atom stereocenters. The lowest BCUT2D eigenvalue weighted by Crippen LogP contribution is -2.32. The summed E-state index contributed by atoms with van der Waals surface area (Å²) in [7, 11) is 0. The van der Waals surface area contributed by atoms with Gasteiger partial charge in [0.15, 0.2) is 0 Å². The molecule has 0 aliphatic rings. The summed E-state index contributed by atoms with van der Waals surface area (Å²) in [6.45, 7) is 5.80. The van der Waals surface area contributed by atoms with Crippen LogP contribution in [0.4, 0.5) is 5.69 Å². The molecule has 2 N–H and O–H groups in total. The van der Waals surface area contributed by atoms with E-state index in [4.69, 9.17) is 10.6 Å². The molecule has 1 atom stereocenters. The second kappa shape index (κ2) is 7.96. The number of pyridine rings is 1. The van der Waals surface area contributed by atoms with Gasteiger partial charge in [0.1, 0.15) is 0 Å². The Bertz CT molecular complexity index is 553. The normalized spacial score (nSPS) is 12.5. The number of fused-ring (bicyclic) bond motifs is 1. The molecule has 0 fully saturated rings. The number of hydrogen-bond donors (Lipinski definition) is 1. The van der Waals surface area contributed by atoms with Gasteiger partial charge in [0.05, 0.1) is 17.3 Å². The highest BCUT2D eigenvalue weighted by Crippen LogP contribution is 2.23. The van der Waals surface area contributed by atoms with Gasteiger partial charge in [-0.2, -0.15) is 0 Å². The Hall–Kier alpha value is -1.65. The third-order valence-electron chi connectivity index (χ3n) is 3.72. The van der Waals surface area contributed by atoms with Crippen LogP contribution in [-0.2, 0) is 4.74 Å². The van der Waals surface area contributed by atoms with Crippen LogP contribution in [0, 0.1) is 0 Å². The molecule has 0 aliphatic carbocycles. The van der Waals surface area contributed by atoms with Crippen molar-refractivity contribution in [3.8, 4) is 0 Å². The topological polar surface area (TPSA) is 51.4 Å². The second-order valence-corrected chi connectivity index (χ2v) is 5.17. The Morgan fingerprint density at radius 1 is 1.24 bits per heavy atom. The molecule has 114 valence electrons. The Morgan fingerprint density at radius 2 is 2.05 bits per heavy atom. The first-order valence-electron chi connectivity index (χ1n) is 7.73. The van der Waals surface area contributed by atoms with Gasteiger partial charge in [-0.25, -0.2) is 5.84 Å². The second-order valence-electron chi connectivity index (χ2n) is 5.17. The largest absolute Gasteiger partial charge is 0.379 e. The van der Waals surface area contributed by atoms with Crippen molar-refractivity contribution < 1.29 is 4.74 Å². The summed E-state index contributed by atoms with van der Waals surface area (Å²) in [5.41, 5.74) is 2.01. The third kappa shape index (κ3) is 4.16. The van der Waals surface area contributed by atoms with Crippen molar-refractivity contribution in [3.05, 3.63) is 36.5 Å². The number of hydrogen-bond acceptors (Lipinski definition) is 4. The first kappa shape index (κ1) is 15.7. The minimum Gasteiger partial charge on any atom is -0.379 e. The monoisotopic (exact) mass is 287 g/mol. The quantitative estimate of drug-likeness (QED) is 0.596. The van der Waals surface area contributed by atoms with Gasteiger partial charge in [-0.1, -0.05) is 25.1 Å². The Labute approximate surface area is 126 Å². The number of para-hydroxylation sites is 1. The zero-order valence-electron chi connectivity index (χ0n) is 13.0. The Kier molecular flexibility index (Phi) is 5.96. The van der Waals surface area contributed by atoms with E-state index < -0.39 is 0 Å². The summed E-state index contributed by atoms with van der Waals surface area (Å²) >= 11 is 0. The van der Waals surface area contributed by atoms with Crippen LogP contribution in [0.15, 0.2) is 36.5 Å². The van der Waals surface area contributed by atoms with Gasteiger partial charge < -0.3 is 9.75 Å².